The van der Waals surface area contributed by atoms with Crippen molar-refractivity contribution in [2.75, 3.05) is 0 Å². The average Bonchev–Trinajstić information content (AvgIpc) is 3.04. The second kappa shape index (κ2) is 7.21. The molecular weight excluding hydrogens is 316 g/mol. The monoisotopic (exact) mass is 336 g/mol. The summed E-state index contributed by atoms with van der Waals surface area (Å²) in [7, 11) is 0. The molecule has 0 saturated heterocycles. The van der Waals surface area contributed by atoms with Crippen molar-refractivity contribution in [3.63, 3.8) is 0 Å². The van der Waals surface area contributed by atoms with E-state index in [4.69, 9.17) is 10.2 Å². The summed E-state index contributed by atoms with van der Waals surface area (Å²) in [5.41, 5.74) is 7.43. The minimum absolute atomic E-state index is 0.116. The fourth-order valence-corrected chi connectivity index (χ4v) is 2.65. The van der Waals surface area contributed by atoms with E-state index in [0.717, 1.165) is 22.3 Å². The molecule has 0 bridgehead atoms. The standard InChI is InChI=1S/C20H20N2O3/c1-13(6-11-19(21)23)22-20(24)15-9-7-14(8-10-15)18-12-16-4-2-3-5-17(16)25-18/h2-5,7-10,12-13H,6,11H2,1H3,(H2,21,23)(H,22,24)/t13-/m0/s1. The third-order valence-electron chi connectivity index (χ3n) is 4.06. The first kappa shape index (κ1) is 16.8. The van der Waals surface area contributed by atoms with Crippen LogP contribution < -0.4 is 11.1 Å². The number of rotatable bonds is 6. The highest BCUT2D eigenvalue weighted by Gasteiger charge is 2.12. The third kappa shape index (κ3) is 4.07. The van der Waals surface area contributed by atoms with E-state index < -0.39 is 0 Å². The molecular formula is C20H20N2O3. The van der Waals surface area contributed by atoms with Crippen molar-refractivity contribution in [3.8, 4) is 11.3 Å². The smallest absolute Gasteiger partial charge is 0.251 e. The first-order valence-corrected chi connectivity index (χ1v) is 8.21. The number of nitrogens with one attached hydrogen (secondary N) is 1. The number of benzene rings is 2. The fraction of sp³-hybridized carbons (Fsp3) is 0.200. The highest BCUT2D eigenvalue weighted by atomic mass is 16.3. The Labute approximate surface area is 145 Å². The maximum atomic E-state index is 12.2. The van der Waals surface area contributed by atoms with Crippen molar-refractivity contribution >= 4 is 22.8 Å². The first-order chi connectivity index (χ1) is 12.0. The van der Waals surface area contributed by atoms with Gasteiger partial charge in [0.2, 0.25) is 5.91 Å². The van der Waals surface area contributed by atoms with Gasteiger partial charge in [0, 0.05) is 29.0 Å². The number of amides is 2. The van der Waals surface area contributed by atoms with Crippen LogP contribution in [0.15, 0.2) is 59.0 Å². The van der Waals surface area contributed by atoms with Crippen molar-refractivity contribution in [1.82, 2.24) is 5.32 Å². The molecule has 2 aromatic carbocycles. The lowest BCUT2D eigenvalue weighted by atomic mass is 10.1. The van der Waals surface area contributed by atoms with Gasteiger partial charge >= 0.3 is 0 Å². The molecule has 5 nitrogen and oxygen atoms in total. The summed E-state index contributed by atoms with van der Waals surface area (Å²) >= 11 is 0. The van der Waals surface area contributed by atoms with E-state index >= 15 is 0 Å². The molecule has 0 spiro atoms. The number of nitrogens with two attached hydrogens (primary N) is 1. The molecule has 0 fully saturated rings. The molecule has 0 aliphatic rings. The molecule has 1 atom stereocenters. The second-order valence-electron chi connectivity index (χ2n) is 6.11. The topological polar surface area (TPSA) is 85.3 Å². The minimum atomic E-state index is -0.365. The Morgan fingerprint density at radius 2 is 1.84 bits per heavy atom. The summed E-state index contributed by atoms with van der Waals surface area (Å²) in [5, 5.41) is 3.91. The molecule has 0 aliphatic carbocycles. The molecule has 2 amide bonds. The van der Waals surface area contributed by atoms with E-state index in [9.17, 15) is 9.59 Å². The van der Waals surface area contributed by atoms with E-state index in [-0.39, 0.29) is 24.3 Å². The SMILES string of the molecule is C[C@@H](CCC(N)=O)NC(=O)c1ccc(-c2cc3ccccc3o2)cc1. The van der Waals surface area contributed by atoms with Crippen molar-refractivity contribution in [1.29, 1.82) is 0 Å². The predicted molar refractivity (Wildman–Crippen MR) is 97.0 cm³/mol. The van der Waals surface area contributed by atoms with Gasteiger partial charge in [-0.25, -0.2) is 0 Å². The van der Waals surface area contributed by atoms with Crippen molar-refractivity contribution < 1.29 is 14.0 Å². The van der Waals surface area contributed by atoms with E-state index in [1.54, 1.807) is 12.1 Å². The van der Waals surface area contributed by atoms with Gasteiger partial charge in [-0.2, -0.15) is 0 Å². The first-order valence-electron chi connectivity index (χ1n) is 8.21. The third-order valence-corrected chi connectivity index (χ3v) is 4.06. The number of carbonyl (C=O) groups is 2. The van der Waals surface area contributed by atoms with Crippen LogP contribution in [0.5, 0.6) is 0 Å². The van der Waals surface area contributed by atoms with Gasteiger partial charge in [-0.05, 0) is 37.6 Å². The predicted octanol–water partition coefficient (Wildman–Crippen LogP) is 3.48. The van der Waals surface area contributed by atoms with Gasteiger partial charge in [0.25, 0.3) is 5.91 Å². The number of fused-ring (bicyclic) bond motifs is 1. The maximum absolute atomic E-state index is 12.2. The van der Waals surface area contributed by atoms with Crippen molar-refractivity contribution in [2.45, 2.75) is 25.8 Å². The van der Waals surface area contributed by atoms with E-state index in [1.807, 2.05) is 49.4 Å². The average molecular weight is 336 g/mol. The van der Waals surface area contributed by atoms with E-state index in [2.05, 4.69) is 5.32 Å². The zero-order chi connectivity index (χ0) is 17.8. The lowest BCUT2D eigenvalue weighted by molar-refractivity contribution is -0.118. The van der Waals surface area contributed by atoms with Crippen LogP contribution in [-0.2, 0) is 4.79 Å². The summed E-state index contributed by atoms with van der Waals surface area (Å²) in [6, 6.07) is 16.9. The second-order valence-corrected chi connectivity index (χ2v) is 6.11. The Hall–Kier alpha value is -3.08. The minimum Gasteiger partial charge on any atom is -0.456 e. The summed E-state index contributed by atoms with van der Waals surface area (Å²) in [4.78, 5) is 23.0. The maximum Gasteiger partial charge on any atom is 0.251 e. The van der Waals surface area contributed by atoms with Gasteiger partial charge in [-0.3, -0.25) is 9.59 Å². The quantitative estimate of drug-likeness (QED) is 0.722. The van der Waals surface area contributed by atoms with Crippen LogP contribution >= 0.6 is 0 Å². The number of carbonyl (C=O) groups excluding carboxylic acids is 2. The lowest BCUT2D eigenvalue weighted by Crippen LogP contribution is -2.33. The number of hydrogen-bond donors (Lipinski definition) is 2. The van der Waals surface area contributed by atoms with Crippen LogP contribution in [0.25, 0.3) is 22.3 Å². The molecule has 0 aliphatic heterocycles. The molecule has 5 heteroatoms. The zero-order valence-electron chi connectivity index (χ0n) is 14.0. The number of furan rings is 1. The van der Waals surface area contributed by atoms with Crippen LogP contribution in [0.2, 0.25) is 0 Å². The summed E-state index contributed by atoms with van der Waals surface area (Å²) in [5.74, 6) is 0.229. The van der Waals surface area contributed by atoms with Gasteiger partial charge in [0.15, 0.2) is 0 Å². The summed E-state index contributed by atoms with van der Waals surface area (Å²) < 4.78 is 5.83. The summed E-state index contributed by atoms with van der Waals surface area (Å²) in [6.07, 6.45) is 0.782. The fourth-order valence-electron chi connectivity index (χ4n) is 2.65. The Bertz CT molecular complexity index is 864. The van der Waals surface area contributed by atoms with Crippen molar-refractivity contribution in [2.24, 2.45) is 5.73 Å². The number of primary amides is 1. The molecule has 0 radical (unpaired) electrons. The number of hydrogen-bond acceptors (Lipinski definition) is 3. The van der Waals surface area contributed by atoms with Crippen LogP contribution in [-0.4, -0.2) is 17.9 Å². The van der Waals surface area contributed by atoms with E-state index in [0.29, 0.717) is 12.0 Å². The highest BCUT2D eigenvalue weighted by Crippen LogP contribution is 2.27. The van der Waals surface area contributed by atoms with Gasteiger partial charge in [0.1, 0.15) is 11.3 Å². The lowest BCUT2D eigenvalue weighted by Gasteiger charge is -2.13. The molecule has 0 unspecified atom stereocenters. The van der Waals surface area contributed by atoms with Crippen LogP contribution in [0.1, 0.15) is 30.1 Å². The molecule has 25 heavy (non-hydrogen) atoms. The summed E-state index contributed by atoms with van der Waals surface area (Å²) in [6.45, 7) is 1.85. The Morgan fingerprint density at radius 3 is 2.52 bits per heavy atom. The van der Waals surface area contributed by atoms with Crippen LogP contribution in [0.4, 0.5) is 0 Å². The van der Waals surface area contributed by atoms with Gasteiger partial charge in [-0.15, -0.1) is 0 Å². The Kier molecular flexibility index (Phi) is 4.84. The molecule has 0 saturated carbocycles. The molecule has 3 N–H and O–H groups in total. The number of para-hydroxylation sites is 1. The van der Waals surface area contributed by atoms with Gasteiger partial charge in [0.05, 0.1) is 0 Å². The molecule has 3 aromatic rings. The van der Waals surface area contributed by atoms with Crippen molar-refractivity contribution in [3.05, 3.63) is 60.2 Å². The normalized spacial score (nSPS) is 12.0. The van der Waals surface area contributed by atoms with E-state index in [1.165, 1.54) is 0 Å². The Balaban J connectivity index is 1.69. The molecule has 128 valence electrons. The Morgan fingerprint density at radius 1 is 1.12 bits per heavy atom. The zero-order valence-corrected chi connectivity index (χ0v) is 14.0. The van der Waals surface area contributed by atoms with Gasteiger partial charge < -0.3 is 15.5 Å². The molecule has 1 heterocycles. The van der Waals surface area contributed by atoms with Crippen LogP contribution in [0.3, 0.4) is 0 Å². The largest absolute Gasteiger partial charge is 0.456 e. The van der Waals surface area contributed by atoms with Crippen LogP contribution in [0, 0.1) is 0 Å². The van der Waals surface area contributed by atoms with Gasteiger partial charge in [-0.1, -0.05) is 30.3 Å². The highest BCUT2D eigenvalue weighted by molar-refractivity contribution is 5.95. The molecule has 1 aromatic heterocycles. The molecule has 3 rings (SSSR count).